The lowest BCUT2D eigenvalue weighted by Gasteiger charge is -2.20. The van der Waals surface area contributed by atoms with Crippen LogP contribution in [-0.2, 0) is 6.42 Å². The Bertz CT molecular complexity index is 568. The number of benzene rings is 1. The molecule has 0 bridgehead atoms. The van der Waals surface area contributed by atoms with Crippen molar-refractivity contribution in [2.24, 2.45) is 10.7 Å². The highest BCUT2D eigenvalue weighted by Gasteiger charge is 2.22. The Hall–Kier alpha value is -1.22. The minimum atomic E-state index is 0. The normalized spacial score (nSPS) is 20.0. The van der Waals surface area contributed by atoms with Crippen molar-refractivity contribution in [3.8, 4) is 11.5 Å². The molecule has 1 saturated heterocycles. The first kappa shape index (κ1) is 19.1. The van der Waals surface area contributed by atoms with Crippen LogP contribution in [0.1, 0.15) is 25.3 Å². The second kappa shape index (κ2) is 9.31. The number of likely N-dealkylation sites (N-methyl/N-ethyl adjacent to an activating group) is 1. The molecule has 2 heterocycles. The summed E-state index contributed by atoms with van der Waals surface area (Å²) in [7, 11) is 0. The number of fused-ring (bicyclic) bond motifs is 1. The molecule has 0 spiro atoms. The lowest BCUT2D eigenvalue weighted by atomic mass is 10.1. The second-order valence-corrected chi connectivity index (χ2v) is 6.01. The SMILES string of the molecule is CCN1CCCC1CN=C(N)NCCc1ccc2c(c1)OCO2.I. The quantitative estimate of drug-likeness (QED) is 0.397. The van der Waals surface area contributed by atoms with Gasteiger partial charge in [0.25, 0.3) is 0 Å². The van der Waals surface area contributed by atoms with Crippen molar-refractivity contribution < 1.29 is 9.47 Å². The highest BCUT2D eigenvalue weighted by Crippen LogP contribution is 2.32. The zero-order valence-corrected chi connectivity index (χ0v) is 16.5. The first-order chi connectivity index (χ1) is 11.3. The Labute approximate surface area is 160 Å². The van der Waals surface area contributed by atoms with E-state index in [9.17, 15) is 0 Å². The highest BCUT2D eigenvalue weighted by atomic mass is 127. The van der Waals surface area contributed by atoms with Gasteiger partial charge in [-0.3, -0.25) is 9.89 Å². The first-order valence-electron chi connectivity index (χ1n) is 8.42. The van der Waals surface area contributed by atoms with Gasteiger partial charge < -0.3 is 20.5 Å². The minimum Gasteiger partial charge on any atom is -0.454 e. The van der Waals surface area contributed by atoms with E-state index in [4.69, 9.17) is 15.2 Å². The smallest absolute Gasteiger partial charge is 0.231 e. The number of halogens is 1. The molecule has 6 nitrogen and oxygen atoms in total. The maximum atomic E-state index is 5.97. The number of rotatable bonds is 6. The largest absolute Gasteiger partial charge is 0.454 e. The number of guanidine groups is 1. The Balaban J connectivity index is 0.00000208. The van der Waals surface area contributed by atoms with Gasteiger partial charge in [0.2, 0.25) is 6.79 Å². The Morgan fingerprint density at radius 2 is 2.21 bits per heavy atom. The van der Waals surface area contributed by atoms with Gasteiger partial charge in [0.05, 0.1) is 6.54 Å². The van der Waals surface area contributed by atoms with Crippen LogP contribution in [0, 0.1) is 0 Å². The molecule has 7 heteroatoms. The molecular formula is C17H27IN4O2. The summed E-state index contributed by atoms with van der Waals surface area (Å²) in [5.74, 6) is 2.18. The molecule has 0 aliphatic carbocycles. The van der Waals surface area contributed by atoms with Crippen LogP contribution in [0.25, 0.3) is 0 Å². The molecule has 1 aromatic carbocycles. The number of hydrogen-bond acceptors (Lipinski definition) is 4. The standard InChI is InChI=1S/C17H26N4O2.HI/c1-2-21-9-3-4-14(21)11-20-17(18)19-8-7-13-5-6-15-16(10-13)23-12-22-15;/h5-6,10,14H,2-4,7-9,11-12H2,1H3,(H3,18,19,20);1H. The van der Waals surface area contributed by atoms with Crippen LogP contribution in [0.2, 0.25) is 0 Å². The van der Waals surface area contributed by atoms with Crippen LogP contribution in [0.3, 0.4) is 0 Å². The van der Waals surface area contributed by atoms with Gasteiger partial charge in [-0.2, -0.15) is 0 Å². The van der Waals surface area contributed by atoms with Crippen molar-refractivity contribution in [3.63, 3.8) is 0 Å². The maximum Gasteiger partial charge on any atom is 0.231 e. The van der Waals surface area contributed by atoms with Crippen LogP contribution in [0.15, 0.2) is 23.2 Å². The fourth-order valence-corrected chi connectivity index (χ4v) is 3.21. The number of nitrogens with zero attached hydrogens (tertiary/aromatic N) is 2. The van der Waals surface area contributed by atoms with Crippen LogP contribution >= 0.6 is 24.0 Å². The summed E-state index contributed by atoms with van der Waals surface area (Å²) < 4.78 is 10.7. The third-order valence-corrected chi connectivity index (χ3v) is 4.53. The van der Waals surface area contributed by atoms with Crippen molar-refractivity contribution in [1.29, 1.82) is 0 Å². The molecule has 3 rings (SSSR count). The summed E-state index contributed by atoms with van der Waals surface area (Å²) in [6.07, 6.45) is 3.37. The molecular weight excluding hydrogens is 419 g/mol. The van der Waals surface area contributed by atoms with Crippen LogP contribution in [-0.4, -0.2) is 49.9 Å². The molecule has 2 aliphatic rings. The average molecular weight is 446 g/mol. The molecule has 3 N–H and O–H groups in total. The molecule has 1 aromatic rings. The van der Waals surface area contributed by atoms with E-state index in [1.165, 1.54) is 24.9 Å². The molecule has 1 fully saturated rings. The monoisotopic (exact) mass is 446 g/mol. The highest BCUT2D eigenvalue weighted by molar-refractivity contribution is 14.0. The molecule has 134 valence electrons. The van der Waals surface area contributed by atoms with Crippen LogP contribution < -0.4 is 20.5 Å². The summed E-state index contributed by atoms with van der Waals surface area (Å²) in [6, 6.07) is 6.58. The number of nitrogens with two attached hydrogens (primary N) is 1. The summed E-state index contributed by atoms with van der Waals surface area (Å²) in [6.45, 7) is 6.35. The summed E-state index contributed by atoms with van der Waals surface area (Å²) in [5, 5.41) is 3.19. The van der Waals surface area contributed by atoms with E-state index < -0.39 is 0 Å². The lowest BCUT2D eigenvalue weighted by molar-refractivity contribution is 0.174. The maximum absolute atomic E-state index is 5.97. The van der Waals surface area contributed by atoms with Gasteiger partial charge in [-0.1, -0.05) is 13.0 Å². The van der Waals surface area contributed by atoms with E-state index in [1.807, 2.05) is 12.1 Å². The molecule has 0 saturated carbocycles. The topological polar surface area (TPSA) is 72.1 Å². The number of aliphatic imine (C=N–C) groups is 1. The Morgan fingerprint density at radius 1 is 1.38 bits per heavy atom. The van der Waals surface area contributed by atoms with Gasteiger partial charge in [-0.15, -0.1) is 24.0 Å². The van der Waals surface area contributed by atoms with Gasteiger partial charge in [-0.25, -0.2) is 0 Å². The fraction of sp³-hybridized carbons (Fsp3) is 0.588. The molecule has 1 unspecified atom stereocenters. The predicted octanol–water partition coefficient (Wildman–Crippen LogP) is 1.96. The van der Waals surface area contributed by atoms with Crippen LogP contribution in [0.4, 0.5) is 0 Å². The van der Waals surface area contributed by atoms with Gasteiger partial charge in [0, 0.05) is 12.6 Å². The van der Waals surface area contributed by atoms with E-state index in [1.54, 1.807) is 0 Å². The van der Waals surface area contributed by atoms with E-state index in [2.05, 4.69) is 28.2 Å². The Kier molecular flexibility index (Phi) is 7.41. The number of likely N-dealkylation sites (tertiary alicyclic amines) is 1. The minimum absolute atomic E-state index is 0. The predicted molar refractivity (Wildman–Crippen MR) is 106 cm³/mol. The summed E-state index contributed by atoms with van der Waals surface area (Å²) in [5.41, 5.74) is 7.17. The fourth-order valence-electron chi connectivity index (χ4n) is 3.21. The molecule has 0 radical (unpaired) electrons. The lowest BCUT2D eigenvalue weighted by Crippen LogP contribution is -2.36. The molecule has 1 atom stereocenters. The summed E-state index contributed by atoms with van der Waals surface area (Å²) in [4.78, 5) is 6.97. The molecule has 2 aliphatic heterocycles. The van der Waals surface area contributed by atoms with Crippen LogP contribution in [0.5, 0.6) is 11.5 Å². The second-order valence-electron chi connectivity index (χ2n) is 6.01. The van der Waals surface area contributed by atoms with Crippen molar-refractivity contribution in [2.45, 2.75) is 32.2 Å². The summed E-state index contributed by atoms with van der Waals surface area (Å²) >= 11 is 0. The zero-order valence-electron chi connectivity index (χ0n) is 14.2. The number of ether oxygens (including phenoxy) is 2. The molecule has 0 aromatic heterocycles. The van der Waals surface area contributed by atoms with E-state index in [-0.39, 0.29) is 24.0 Å². The zero-order chi connectivity index (χ0) is 16.1. The third kappa shape index (κ3) is 4.89. The molecule has 0 amide bonds. The van der Waals surface area contributed by atoms with Crippen molar-refractivity contribution in [3.05, 3.63) is 23.8 Å². The van der Waals surface area contributed by atoms with Gasteiger partial charge in [0.15, 0.2) is 17.5 Å². The first-order valence-corrected chi connectivity index (χ1v) is 8.42. The van der Waals surface area contributed by atoms with E-state index in [0.29, 0.717) is 18.8 Å². The van der Waals surface area contributed by atoms with Crippen molar-refractivity contribution in [2.75, 3.05) is 33.0 Å². The molecule has 24 heavy (non-hydrogen) atoms. The average Bonchev–Trinajstić information content (AvgIpc) is 3.21. The Morgan fingerprint density at radius 3 is 3.04 bits per heavy atom. The van der Waals surface area contributed by atoms with E-state index >= 15 is 0 Å². The van der Waals surface area contributed by atoms with Gasteiger partial charge in [-0.05, 0) is 50.0 Å². The van der Waals surface area contributed by atoms with Crippen molar-refractivity contribution >= 4 is 29.9 Å². The third-order valence-electron chi connectivity index (χ3n) is 4.53. The number of nitrogens with one attached hydrogen (secondary N) is 1. The van der Waals surface area contributed by atoms with Gasteiger partial charge in [0.1, 0.15) is 0 Å². The number of hydrogen-bond donors (Lipinski definition) is 2. The van der Waals surface area contributed by atoms with Crippen molar-refractivity contribution in [1.82, 2.24) is 10.2 Å². The van der Waals surface area contributed by atoms with E-state index in [0.717, 1.165) is 37.6 Å². The van der Waals surface area contributed by atoms with Gasteiger partial charge >= 0.3 is 0 Å².